The molecule has 1 saturated carbocycles. The topological polar surface area (TPSA) is 58.4 Å². The molecule has 2 atom stereocenters. The van der Waals surface area contributed by atoms with E-state index in [0.717, 1.165) is 13.0 Å². The average molecular weight is 265 g/mol. The van der Waals surface area contributed by atoms with E-state index >= 15 is 0 Å². The van der Waals surface area contributed by atoms with E-state index < -0.39 is 0 Å². The zero-order valence-electron chi connectivity index (χ0n) is 12.2. The van der Waals surface area contributed by atoms with E-state index in [9.17, 15) is 4.79 Å². The highest BCUT2D eigenvalue weighted by Gasteiger charge is 2.35. The number of nitrogens with zero attached hydrogens (tertiary/aromatic N) is 1. The maximum absolute atomic E-state index is 12.2. The van der Waals surface area contributed by atoms with Crippen LogP contribution in [0.2, 0.25) is 0 Å². The smallest absolute Gasteiger partial charge is 0.227 e. The van der Waals surface area contributed by atoms with E-state index in [1.165, 1.54) is 32.1 Å². The SMILES string of the molecule is CN(C)C1(CNC(=O)C2C=CC(N)C2)CCCCC1. The van der Waals surface area contributed by atoms with Crippen LogP contribution in [0.3, 0.4) is 0 Å². The van der Waals surface area contributed by atoms with Gasteiger partial charge in [0, 0.05) is 18.1 Å². The summed E-state index contributed by atoms with van der Waals surface area (Å²) >= 11 is 0. The molecule has 2 rings (SSSR count). The van der Waals surface area contributed by atoms with Gasteiger partial charge in [-0.2, -0.15) is 0 Å². The Balaban J connectivity index is 1.88. The highest BCUT2D eigenvalue weighted by atomic mass is 16.1. The molecule has 2 aliphatic rings. The van der Waals surface area contributed by atoms with Gasteiger partial charge >= 0.3 is 0 Å². The molecule has 0 aromatic rings. The van der Waals surface area contributed by atoms with Crippen molar-refractivity contribution in [3.63, 3.8) is 0 Å². The minimum atomic E-state index is -0.0298. The molecule has 2 aliphatic carbocycles. The summed E-state index contributed by atoms with van der Waals surface area (Å²) in [5.41, 5.74) is 5.95. The Morgan fingerprint density at radius 3 is 2.53 bits per heavy atom. The van der Waals surface area contributed by atoms with Gasteiger partial charge in [-0.3, -0.25) is 4.79 Å². The first-order valence-electron chi connectivity index (χ1n) is 7.42. The Morgan fingerprint density at radius 1 is 1.32 bits per heavy atom. The standard InChI is InChI=1S/C15H27N3O/c1-18(2)15(8-4-3-5-9-15)11-17-14(19)12-6-7-13(16)10-12/h6-7,12-13H,3-5,8-11,16H2,1-2H3,(H,17,19). The fourth-order valence-corrected chi connectivity index (χ4v) is 3.30. The zero-order chi connectivity index (χ0) is 13.9. The highest BCUT2D eigenvalue weighted by Crippen LogP contribution is 2.31. The molecule has 0 aliphatic heterocycles. The summed E-state index contributed by atoms with van der Waals surface area (Å²) < 4.78 is 0. The van der Waals surface area contributed by atoms with Crippen LogP contribution in [-0.2, 0) is 4.79 Å². The van der Waals surface area contributed by atoms with Gasteiger partial charge in [0.15, 0.2) is 0 Å². The number of nitrogens with two attached hydrogens (primary N) is 1. The number of hydrogen-bond acceptors (Lipinski definition) is 3. The van der Waals surface area contributed by atoms with E-state index in [1.807, 2.05) is 12.2 Å². The molecular weight excluding hydrogens is 238 g/mol. The van der Waals surface area contributed by atoms with Crippen molar-refractivity contribution in [1.82, 2.24) is 10.2 Å². The monoisotopic (exact) mass is 265 g/mol. The van der Waals surface area contributed by atoms with Gasteiger partial charge in [-0.05, 0) is 33.4 Å². The maximum Gasteiger partial charge on any atom is 0.227 e. The van der Waals surface area contributed by atoms with Crippen LogP contribution in [0.4, 0.5) is 0 Å². The lowest BCUT2D eigenvalue weighted by Crippen LogP contribution is -2.54. The van der Waals surface area contributed by atoms with E-state index in [2.05, 4.69) is 24.3 Å². The Kier molecular flexibility index (Phi) is 4.63. The van der Waals surface area contributed by atoms with Gasteiger partial charge < -0.3 is 16.0 Å². The number of nitrogens with one attached hydrogen (secondary N) is 1. The normalized spacial score (nSPS) is 29.7. The fourth-order valence-electron chi connectivity index (χ4n) is 3.30. The number of amides is 1. The van der Waals surface area contributed by atoms with Crippen molar-refractivity contribution in [2.45, 2.75) is 50.1 Å². The Labute approximate surface area is 116 Å². The number of likely N-dealkylation sites (N-methyl/N-ethyl adjacent to an activating group) is 1. The van der Waals surface area contributed by atoms with E-state index in [-0.39, 0.29) is 23.4 Å². The van der Waals surface area contributed by atoms with E-state index in [0.29, 0.717) is 0 Å². The van der Waals surface area contributed by atoms with Crippen LogP contribution in [0, 0.1) is 5.92 Å². The molecule has 1 amide bonds. The van der Waals surface area contributed by atoms with Crippen LogP contribution in [-0.4, -0.2) is 43.0 Å². The molecule has 0 aromatic carbocycles. The molecule has 0 saturated heterocycles. The van der Waals surface area contributed by atoms with Crippen molar-refractivity contribution in [1.29, 1.82) is 0 Å². The molecule has 4 heteroatoms. The molecule has 108 valence electrons. The molecule has 4 nitrogen and oxygen atoms in total. The first-order valence-corrected chi connectivity index (χ1v) is 7.42. The van der Waals surface area contributed by atoms with Crippen molar-refractivity contribution >= 4 is 5.91 Å². The summed E-state index contributed by atoms with van der Waals surface area (Å²) in [4.78, 5) is 14.5. The molecule has 0 spiro atoms. The second-order valence-corrected chi connectivity index (χ2v) is 6.29. The third kappa shape index (κ3) is 3.37. The maximum atomic E-state index is 12.2. The van der Waals surface area contributed by atoms with Gasteiger partial charge in [0.1, 0.15) is 0 Å². The van der Waals surface area contributed by atoms with Crippen LogP contribution in [0.5, 0.6) is 0 Å². The van der Waals surface area contributed by atoms with Gasteiger partial charge in [-0.25, -0.2) is 0 Å². The quantitative estimate of drug-likeness (QED) is 0.753. The molecule has 0 heterocycles. The van der Waals surface area contributed by atoms with Crippen molar-refractivity contribution in [2.24, 2.45) is 11.7 Å². The first kappa shape index (κ1) is 14.5. The van der Waals surface area contributed by atoms with Gasteiger partial charge in [-0.15, -0.1) is 0 Å². The summed E-state index contributed by atoms with van der Waals surface area (Å²) in [7, 11) is 4.26. The van der Waals surface area contributed by atoms with Crippen molar-refractivity contribution < 1.29 is 4.79 Å². The minimum Gasteiger partial charge on any atom is -0.354 e. The molecule has 19 heavy (non-hydrogen) atoms. The van der Waals surface area contributed by atoms with Gasteiger partial charge in [0.05, 0.1) is 5.92 Å². The molecule has 2 unspecified atom stereocenters. The Hall–Kier alpha value is -0.870. The third-order valence-electron chi connectivity index (χ3n) is 4.78. The molecule has 1 fully saturated rings. The summed E-state index contributed by atoms with van der Waals surface area (Å²) in [6, 6.07) is 0.0493. The molecule has 0 aromatic heterocycles. The predicted molar refractivity (Wildman–Crippen MR) is 77.7 cm³/mol. The van der Waals surface area contributed by atoms with Crippen LogP contribution in [0.15, 0.2) is 12.2 Å². The summed E-state index contributed by atoms with van der Waals surface area (Å²) in [5, 5.41) is 3.15. The van der Waals surface area contributed by atoms with E-state index in [1.54, 1.807) is 0 Å². The fraction of sp³-hybridized carbons (Fsp3) is 0.800. The number of hydrogen-bond donors (Lipinski definition) is 2. The number of rotatable bonds is 4. The Bertz CT molecular complexity index is 345. The predicted octanol–water partition coefficient (Wildman–Crippen LogP) is 1.27. The van der Waals surface area contributed by atoms with Crippen LogP contribution < -0.4 is 11.1 Å². The number of carbonyl (C=O) groups excluding carboxylic acids is 1. The second-order valence-electron chi connectivity index (χ2n) is 6.29. The highest BCUT2D eigenvalue weighted by molar-refractivity contribution is 5.81. The largest absolute Gasteiger partial charge is 0.354 e. The third-order valence-corrected chi connectivity index (χ3v) is 4.78. The first-order chi connectivity index (χ1) is 9.03. The second kappa shape index (κ2) is 6.06. The zero-order valence-corrected chi connectivity index (χ0v) is 12.2. The molecule has 0 radical (unpaired) electrons. The average Bonchev–Trinajstić information content (AvgIpc) is 2.83. The summed E-state index contributed by atoms with van der Waals surface area (Å²) in [6.45, 7) is 0.762. The van der Waals surface area contributed by atoms with Crippen LogP contribution in [0.1, 0.15) is 38.5 Å². The van der Waals surface area contributed by atoms with Gasteiger partial charge in [-0.1, -0.05) is 31.4 Å². The summed E-state index contributed by atoms with van der Waals surface area (Å²) in [6.07, 6.45) is 10.9. The van der Waals surface area contributed by atoms with Gasteiger partial charge in [0.25, 0.3) is 0 Å². The van der Waals surface area contributed by atoms with Gasteiger partial charge in [0.2, 0.25) is 5.91 Å². The minimum absolute atomic E-state index is 0.0298. The van der Waals surface area contributed by atoms with Crippen molar-refractivity contribution in [3.8, 4) is 0 Å². The lowest BCUT2D eigenvalue weighted by Gasteiger charge is -2.43. The lowest BCUT2D eigenvalue weighted by atomic mass is 9.80. The van der Waals surface area contributed by atoms with Crippen molar-refractivity contribution in [2.75, 3.05) is 20.6 Å². The molecule has 3 N–H and O–H groups in total. The lowest BCUT2D eigenvalue weighted by molar-refractivity contribution is -0.124. The van der Waals surface area contributed by atoms with E-state index in [4.69, 9.17) is 5.73 Å². The molecule has 0 bridgehead atoms. The Morgan fingerprint density at radius 2 is 2.00 bits per heavy atom. The van der Waals surface area contributed by atoms with Crippen LogP contribution in [0.25, 0.3) is 0 Å². The number of carbonyl (C=O) groups is 1. The van der Waals surface area contributed by atoms with Crippen molar-refractivity contribution in [3.05, 3.63) is 12.2 Å². The van der Waals surface area contributed by atoms with Crippen LogP contribution >= 0.6 is 0 Å². The summed E-state index contributed by atoms with van der Waals surface area (Å²) in [5.74, 6) is 0.105. The molecular formula is C15H27N3O.